The van der Waals surface area contributed by atoms with Gasteiger partial charge in [-0.2, -0.15) is 0 Å². The van der Waals surface area contributed by atoms with Gasteiger partial charge >= 0.3 is 0 Å². The summed E-state index contributed by atoms with van der Waals surface area (Å²) in [6.45, 7) is 5.07. The summed E-state index contributed by atoms with van der Waals surface area (Å²) in [5.74, 6) is 1.23. The molecule has 4 rings (SSSR count). The maximum atomic E-state index is 13.5. The smallest absolute Gasteiger partial charge is 0.272 e. The molecule has 1 aliphatic heterocycles. The molecule has 1 aromatic heterocycles. The number of aromatic nitrogens is 1. The van der Waals surface area contributed by atoms with Crippen molar-refractivity contribution < 1.29 is 19.0 Å². The first-order valence-corrected chi connectivity index (χ1v) is 10.8. The van der Waals surface area contributed by atoms with Crippen LogP contribution in [-0.4, -0.2) is 74.3 Å². The number of nitrogens with zero attached hydrogens (tertiary/aromatic N) is 3. The molecule has 7 heteroatoms. The average Bonchev–Trinajstić information content (AvgIpc) is 2.86. The maximum absolute atomic E-state index is 13.5. The molecule has 7 nitrogen and oxygen atoms in total. The van der Waals surface area contributed by atoms with E-state index in [2.05, 4.69) is 9.88 Å². The van der Waals surface area contributed by atoms with E-state index in [1.165, 1.54) is 0 Å². The zero-order chi connectivity index (χ0) is 22.3. The fraction of sp³-hybridized carbons (Fsp3) is 0.360. The summed E-state index contributed by atoms with van der Waals surface area (Å²) in [7, 11) is 3.23. The molecule has 1 amide bonds. The second kappa shape index (κ2) is 10.4. The van der Waals surface area contributed by atoms with Gasteiger partial charge in [-0.05, 0) is 29.8 Å². The van der Waals surface area contributed by atoms with Crippen LogP contribution in [0.4, 0.5) is 0 Å². The van der Waals surface area contributed by atoms with Crippen molar-refractivity contribution in [2.45, 2.75) is 6.54 Å². The van der Waals surface area contributed by atoms with Crippen molar-refractivity contribution in [2.24, 2.45) is 0 Å². The molecular weight excluding hydrogens is 406 g/mol. The first-order valence-electron chi connectivity index (χ1n) is 10.8. The minimum Gasteiger partial charge on any atom is -0.493 e. The molecule has 1 fully saturated rings. The lowest BCUT2D eigenvalue weighted by Crippen LogP contribution is -2.43. The van der Waals surface area contributed by atoms with Crippen molar-refractivity contribution in [1.82, 2.24) is 14.8 Å². The monoisotopic (exact) mass is 435 g/mol. The number of benzene rings is 2. The molecule has 3 aromatic rings. The molecule has 0 unspecified atom stereocenters. The quantitative estimate of drug-likeness (QED) is 0.541. The van der Waals surface area contributed by atoms with Crippen LogP contribution in [0.3, 0.4) is 0 Å². The van der Waals surface area contributed by atoms with Crippen LogP contribution in [0.1, 0.15) is 16.1 Å². The summed E-state index contributed by atoms with van der Waals surface area (Å²) in [6.07, 6.45) is 0. The van der Waals surface area contributed by atoms with E-state index in [-0.39, 0.29) is 5.91 Å². The Morgan fingerprint density at radius 3 is 2.59 bits per heavy atom. The van der Waals surface area contributed by atoms with Gasteiger partial charge in [0.1, 0.15) is 5.69 Å². The average molecular weight is 436 g/mol. The second-order valence-electron chi connectivity index (χ2n) is 7.76. The zero-order valence-corrected chi connectivity index (χ0v) is 18.6. The van der Waals surface area contributed by atoms with E-state index in [0.29, 0.717) is 30.3 Å². The van der Waals surface area contributed by atoms with Crippen LogP contribution < -0.4 is 9.47 Å². The van der Waals surface area contributed by atoms with Crippen LogP contribution in [0.25, 0.3) is 10.9 Å². The molecule has 168 valence electrons. The minimum absolute atomic E-state index is 0.0844. The predicted octanol–water partition coefficient (Wildman–Crippen LogP) is 3.23. The van der Waals surface area contributed by atoms with Crippen molar-refractivity contribution in [1.29, 1.82) is 0 Å². The van der Waals surface area contributed by atoms with Gasteiger partial charge in [0.2, 0.25) is 0 Å². The van der Waals surface area contributed by atoms with E-state index >= 15 is 0 Å². The van der Waals surface area contributed by atoms with Gasteiger partial charge in [-0.1, -0.05) is 30.3 Å². The summed E-state index contributed by atoms with van der Waals surface area (Å²) in [5.41, 5.74) is 2.24. The highest BCUT2D eigenvalue weighted by molar-refractivity contribution is 5.94. The third kappa shape index (κ3) is 5.18. The van der Waals surface area contributed by atoms with E-state index in [0.717, 1.165) is 49.3 Å². The summed E-state index contributed by atoms with van der Waals surface area (Å²) in [4.78, 5) is 22.3. The third-order valence-electron chi connectivity index (χ3n) is 5.72. The van der Waals surface area contributed by atoms with Crippen molar-refractivity contribution in [3.8, 4) is 11.5 Å². The Balaban J connectivity index is 1.57. The Labute approximate surface area is 188 Å². The van der Waals surface area contributed by atoms with Gasteiger partial charge in [-0.25, -0.2) is 4.98 Å². The fourth-order valence-electron chi connectivity index (χ4n) is 3.89. The Morgan fingerprint density at radius 2 is 1.81 bits per heavy atom. The summed E-state index contributed by atoms with van der Waals surface area (Å²) in [5, 5.41) is 1.02. The number of rotatable bonds is 8. The molecule has 0 aliphatic carbocycles. The van der Waals surface area contributed by atoms with Gasteiger partial charge in [-0.3, -0.25) is 9.69 Å². The van der Waals surface area contributed by atoms with Gasteiger partial charge in [0.15, 0.2) is 11.5 Å². The lowest BCUT2D eigenvalue weighted by molar-refractivity contribution is 0.0319. The Morgan fingerprint density at radius 1 is 1.03 bits per heavy atom. The lowest BCUT2D eigenvalue weighted by atomic mass is 10.1. The molecule has 0 bridgehead atoms. The molecule has 0 saturated carbocycles. The highest BCUT2D eigenvalue weighted by atomic mass is 16.5. The number of para-hydroxylation sites is 1. The van der Waals surface area contributed by atoms with E-state index in [4.69, 9.17) is 14.2 Å². The van der Waals surface area contributed by atoms with Crippen LogP contribution in [0, 0.1) is 0 Å². The SMILES string of the molecule is COc1ccc(CN(CCN2CCOCC2)C(=O)c2ccc3ccccc3n2)cc1OC. The molecule has 0 spiro atoms. The largest absolute Gasteiger partial charge is 0.493 e. The molecule has 0 N–H and O–H groups in total. The molecule has 1 saturated heterocycles. The highest BCUT2D eigenvalue weighted by Crippen LogP contribution is 2.28. The zero-order valence-electron chi connectivity index (χ0n) is 18.6. The van der Waals surface area contributed by atoms with E-state index in [1.54, 1.807) is 20.3 Å². The molecule has 2 aromatic carbocycles. The van der Waals surface area contributed by atoms with Crippen molar-refractivity contribution in [3.63, 3.8) is 0 Å². The number of pyridine rings is 1. The van der Waals surface area contributed by atoms with Crippen LogP contribution in [0.5, 0.6) is 11.5 Å². The number of amides is 1. The normalized spacial score (nSPS) is 14.3. The van der Waals surface area contributed by atoms with Gasteiger partial charge in [0, 0.05) is 38.1 Å². The topological polar surface area (TPSA) is 64.1 Å². The number of carbonyl (C=O) groups excluding carboxylic acids is 1. The van der Waals surface area contributed by atoms with E-state index < -0.39 is 0 Å². The fourth-order valence-corrected chi connectivity index (χ4v) is 3.89. The van der Waals surface area contributed by atoms with Crippen LogP contribution in [0.2, 0.25) is 0 Å². The van der Waals surface area contributed by atoms with E-state index in [9.17, 15) is 4.79 Å². The molecular formula is C25H29N3O4. The number of hydrogen-bond donors (Lipinski definition) is 0. The highest BCUT2D eigenvalue weighted by Gasteiger charge is 2.20. The van der Waals surface area contributed by atoms with Crippen LogP contribution in [0.15, 0.2) is 54.6 Å². The second-order valence-corrected chi connectivity index (χ2v) is 7.76. The maximum Gasteiger partial charge on any atom is 0.272 e. The number of ether oxygens (including phenoxy) is 3. The first kappa shape index (κ1) is 22.0. The summed E-state index contributed by atoms with van der Waals surface area (Å²) >= 11 is 0. The molecule has 0 radical (unpaired) electrons. The van der Waals surface area contributed by atoms with Crippen molar-refractivity contribution in [3.05, 3.63) is 65.9 Å². The summed E-state index contributed by atoms with van der Waals surface area (Å²) in [6, 6.07) is 17.3. The van der Waals surface area contributed by atoms with Crippen LogP contribution in [-0.2, 0) is 11.3 Å². The minimum atomic E-state index is -0.0844. The first-order chi connectivity index (χ1) is 15.7. The van der Waals surface area contributed by atoms with Crippen molar-refractivity contribution in [2.75, 3.05) is 53.6 Å². The lowest BCUT2D eigenvalue weighted by Gasteiger charge is -2.30. The van der Waals surface area contributed by atoms with E-state index in [1.807, 2.05) is 53.4 Å². The Hall–Kier alpha value is -3.16. The van der Waals surface area contributed by atoms with Crippen LogP contribution >= 0.6 is 0 Å². The predicted molar refractivity (Wildman–Crippen MR) is 123 cm³/mol. The summed E-state index contributed by atoms with van der Waals surface area (Å²) < 4.78 is 16.2. The Kier molecular flexibility index (Phi) is 7.19. The number of hydrogen-bond acceptors (Lipinski definition) is 6. The molecule has 0 atom stereocenters. The van der Waals surface area contributed by atoms with Crippen molar-refractivity contribution >= 4 is 16.8 Å². The number of fused-ring (bicyclic) bond motifs is 1. The van der Waals surface area contributed by atoms with Gasteiger partial charge in [0.05, 0.1) is 33.0 Å². The third-order valence-corrected chi connectivity index (χ3v) is 5.72. The Bertz CT molecular complexity index is 1070. The molecule has 2 heterocycles. The van der Waals surface area contributed by atoms with Gasteiger partial charge in [0.25, 0.3) is 5.91 Å². The standard InChI is InChI=1S/C25H29N3O4/c1-30-23-10-7-19(17-24(23)31-2)18-28(12-11-27-13-15-32-16-14-27)25(29)22-9-8-20-5-3-4-6-21(20)26-22/h3-10,17H,11-16,18H2,1-2H3. The molecule has 1 aliphatic rings. The molecule has 32 heavy (non-hydrogen) atoms. The number of morpholine rings is 1. The van der Waals surface area contributed by atoms with Gasteiger partial charge < -0.3 is 19.1 Å². The van der Waals surface area contributed by atoms with Gasteiger partial charge in [-0.15, -0.1) is 0 Å². The number of methoxy groups -OCH3 is 2. The number of carbonyl (C=O) groups is 1.